The van der Waals surface area contributed by atoms with E-state index in [1.165, 1.54) is 0 Å². The van der Waals surface area contributed by atoms with E-state index in [0.29, 0.717) is 19.3 Å². The van der Waals surface area contributed by atoms with Gasteiger partial charge in [-0.25, -0.2) is 4.98 Å². The van der Waals surface area contributed by atoms with E-state index in [1.54, 1.807) is 0 Å². The second-order valence-electron chi connectivity index (χ2n) is 4.79. The van der Waals surface area contributed by atoms with Gasteiger partial charge in [-0.2, -0.15) is 4.98 Å². The highest BCUT2D eigenvalue weighted by molar-refractivity contribution is 5.47. The van der Waals surface area contributed by atoms with Crippen molar-refractivity contribution in [2.45, 2.75) is 20.4 Å². The lowest BCUT2D eigenvalue weighted by atomic mass is 10.2. The van der Waals surface area contributed by atoms with Crippen molar-refractivity contribution >= 4 is 11.8 Å². The number of anilines is 2. The Labute approximate surface area is 123 Å². The van der Waals surface area contributed by atoms with Gasteiger partial charge in [0.25, 0.3) is 0 Å². The van der Waals surface area contributed by atoms with Crippen molar-refractivity contribution in [3.8, 4) is 11.5 Å². The molecule has 1 aromatic carbocycles. The second-order valence-corrected chi connectivity index (χ2v) is 4.79. The van der Waals surface area contributed by atoms with Crippen molar-refractivity contribution < 1.29 is 9.47 Å². The van der Waals surface area contributed by atoms with Crippen LogP contribution in [0.4, 0.5) is 11.8 Å². The third-order valence-electron chi connectivity index (χ3n) is 3.10. The first-order chi connectivity index (χ1) is 10.2. The fourth-order valence-electron chi connectivity index (χ4n) is 2.14. The summed E-state index contributed by atoms with van der Waals surface area (Å²) < 4.78 is 10.7. The first kappa shape index (κ1) is 13.5. The zero-order chi connectivity index (χ0) is 14.7. The lowest BCUT2D eigenvalue weighted by Crippen LogP contribution is -2.07. The van der Waals surface area contributed by atoms with Gasteiger partial charge >= 0.3 is 0 Å². The van der Waals surface area contributed by atoms with Crippen LogP contribution in [0, 0.1) is 6.92 Å². The van der Waals surface area contributed by atoms with Crippen molar-refractivity contribution in [2.24, 2.45) is 0 Å². The lowest BCUT2D eigenvalue weighted by Gasteiger charge is -2.09. The number of rotatable bonds is 5. The Bertz CT molecular complexity index is 646. The van der Waals surface area contributed by atoms with Gasteiger partial charge in [-0.05, 0) is 31.5 Å². The molecule has 6 nitrogen and oxygen atoms in total. The molecule has 0 saturated carbocycles. The van der Waals surface area contributed by atoms with Crippen LogP contribution in [0.25, 0.3) is 0 Å². The quantitative estimate of drug-likeness (QED) is 0.880. The number of nitrogens with one attached hydrogen (secondary N) is 2. The zero-order valence-corrected chi connectivity index (χ0v) is 12.1. The van der Waals surface area contributed by atoms with Crippen molar-refractivity contribution in [3.63, 3.8) is 0 Å². The molecule has 2 N–H and O–H groups in total. The molecule has 0 saturated heterocycles. The van der Waals surface area contributed by atoms with E-state index in [0.717, 1.165) is 35.1 Å². The van der Waals surface area contributed by atoms with Crippen LogP contribution in [0.5, 0.6) is 11.5 Å². The molecule has 1 aliphatic rings. The van der Waals surface area contributed by atoms with E-state index >= 15 is 0 Å². The zero-order valence-electron chi connectivity index (χ0n) is 12.1. The SMILES string of the molecule is CCNc1nc(C)cc(NCc2ccc3c(c2)OCO3)n1. The molecule has 0 aliphatic carbocycles. The Balaban J connectivity index is 1.69. The summed E-state index contributed by atoms with van der Waals surface area (Å²) in [5, 5.41) is 6.43. The second kappa shape index (κ2) is 5.87. The Morgan fingerprint density at radius 2 is 1.95 bits per heavy atom. The van der Waals surface area contributed by atoms with Crippen molar-refractivity contribution in [2.75, 3.05) is 24.0 Å². The topological polar surface area (TPSA) is 68.3 Å². The number of aryl methyl sites for hydroxylation is 1. The van der Waals surface area contributed by atoms with Gasteiger partial charge in [0.1, 0.15) is 5.82 Å². The highest BCUT2D eigenvalue weighted by atomic mass is 16.7. The standard InChI is InChI=1S/C15H18N4O2/c1-3-16-15-18-10(2)6-14(19-15)17-8-11-4-5-12-13(7-11)21-9-20-12/h4-7H,3,8-9H2,1-2H3,(H2,16,17,18,19). The van der Waals surface area contributed by atoms with Crippen LogP contribution in [0.15, 0.2) is 24.3 Å². The maximum atomic E-state index is 5.38. The average molecular weight is 286 g/mol. The summed E-state index contributed by atoms with van der Waals surface area (Å²) in [7, 11) is 0. The van der Waals surface area contributed by atoms with Crippen LogP contribution in [0.3, 0.4) is 0 Å². The van der Waals surface area contributed by atoms with E-state index in [-0.39, 0.29) is 0 Å². The predicted molar refractivity (Wildman–Crippen MR) is 80.8 cm³/mol. The lowest BCUT2D eigenvalue weighted by molar-refractivity contribution is 0.174. The monoisotopic (exact) mass is 286 g/mol. The van der Waals surface area contributed by atoms with Crippen LogP contribution in [-0.2, 0) is 6.54 Å². The van der Waals surface area contributed by atoms with Gasteiger partial charge in [0.05, 0.1) is 0 Å². The fraction of sp³-hybridized carbons (Fsp3) is 0.333. The van der Waals surface area contributed by atoms with Gasteiger partial charge in [-0.1, -0.05) is 6.07 Å². The summed E-state index contributed by atoms with van der Waals surface area (Å²) in [5.74, 6) is 3.04. The van der Waals surface area contributed by atoms with Gasteiger partial charge < -0.3 is 20.1 Å². The molecule has 0 amide bonds. The van der Waals surface area contributed by atoms with Gasteiger partial charge in [-0.3, -0.25) is 0 Å². The first-order valence-corrected chi connectivity index (χ1v) is 6.96. The third kappa shape index (κ3) is 3.16. The molecule has 110 valence electrons. The molecule has 0 spiro atoms. The van der Waals surface area contributed by atoms with E-state index in [2.05, 4.69) is 20.6 Å². The number of hydrogen-bond acceptors (Lipinski definition) is 6. The number of nitrogens with zero attached hydrogens (tertiary/aromatic N) is 2. The molecule has 3 rings (SSSR count). The molecule has 0 unspecified atom stereocenters. The molecule has 1 aliphatic heterocycles. The van der Waals surface area contributed by atoms with Crippen molar-refractivity contribution in [1.29, 1.82) is 0 Å². The third-order valence-corrected chi connectivity index (χ3v) is 3.10. The van der Waals surface area contributed by atoms with Crippen LogP contribution >= 0.6 is 0 Å². The number of fused-ring (bicyclic) bond motifs is 1. The molecule has 2 heterocycles. The number of benzene rings is 1. The molecule has 0 bridgehead atoms. The van der Waals surface area contributed by atoms with Gasteiger partial charge in [-0.15, -0.1) is 0 Å². The average Bonchev–Trinajstić information content (AvgIpc) is 2.92. The van der Waals surface area contributed by atoms with Crippen LogP contribution in [0.2, 0.25) is 0 Å². The fourth-order valence-corrected chi connectivity index (χ4v) is 2.14. The summed E-state index contributed by atoms with van der Waals surface area (Å²) in [4.78, 5) is 8.75. The molecular formula is C15H18N4O2. The van der Waals surface area contributed by atoms with Gasteiger partial charge in [0.15, 0.2) is 11.5 Å². The summed E-state index contributed by atoms with van der Waals surface area (Å²) in [6.45, 7) is 5.73. The number of hydrogen-bond donors (Lipinski definition) is 2. The molecule has 21 heavy (non-hydrogen) atoms. The van der Waals surface area contributed by atoms with E-state index < -0.39 is 0 Å². The Morgan fingerprint density at radius 1 is 1.10 bits per heavy atom. The Morgan fingerprint density at radius 3 is 2.81 bits per heavy atom. The normalized spacial score (nSPS) is 12.3. The maximum Gasteiger partial charge on any atom is 0.231 e. The van der Waals surface area contributed by atoms with Crippen LogP contribution < -0.4 is 20.1 Å². The minimum Gasteiger partial charge on any atom is -0.454 e. The number of aromatic nitrogens is 2. The van der Waals surface area contributed by atoms with Gasteiger partial charge in [0, 0.05) is 24.8 Å². The van der Waals surface area contributed by atoms with E-state index in [9.17, 15) is 0 Å². The molecule has 2 aromatic rings. The number of ether oxygens (including phenoxy) is 2. The summed E-state index contributed by atoms with van der Waals surface area (Å²) in [6.07, 6.45) is 0. The smallest absolute Gasteiger partial charge is 0.231 e. The predicted octanol–water partition coefficient (Wildman–Crippen LogP) is 2.56. The molecule has 0 fully saturated rings. The maximum absolute atomic E-state index is 5.38. The molecule has 6 heteroatoms. The molecule has 1 aromatic heterocycles. The van der Waals surface area contributed by atoms with E-state index in [1.807, 2.05) is 38.1 Å². The molecular weight excluding hydrogens is 268 g/mol. The Kier molecular flexibility index (Phi) is 3.77. The van der Waals surface area contributed by atoms with E-state index in [4.69, 9.17) is 9.47 Å². The van der Waals surface area contributed by atoms with Crippen molar-refractivity contribution in [3.05, 3.63) is 35.5 Å². The largest absolute Gasteiger partial charge is 0.454 e. The van der Waals surface area contributed by atoms with Crippen molar-refractivity contribution in [1.82, 2.24) is 9.97 Å². The van der Waals surface area contributed by atoms with Gasteiger partial charge in [0.2, 0.25) is 12.7 Å². The summed E-state index contributed by atoms with van der Waals surface area (Å²) >= 11 is 0. The highest BCUT2D eigenvalue weighted by Crippen LogP contribution is 2.32. The minimum atomic E-state index is 0.295. The Hall–Kier alpha value is -2.50. The molecule has 0 radical (unpaired) electrons. The first-order valence-electron chi connectivity index (χ1n) is 6.96. The minimum absolute atomic E-state index is 0.295. The van der Waals surface area contributed by atoms with Crippen LogP contribution in [0.1, 0.15) is 18.2 Å². The molecule has 0 atom stereocenters. The summed E-state index contributed by atoms with van der Waals surface area (Å²) in [6, 6.07) is 7.84. The summed E-state index contributed by atoms with van der Waals surface area (Å²) in [5.41, 5.74) is 2.04. The highest BCUT2D eigenvalue weighted by Gasteiger charge is 2.13. The van der Waals surface area contributed by atoms with Crippen LogP contribution in [-0.4, -0.2) is 23.3 Å².